The SMILES string of the molecule is CN1C=CCN=C1.CN1C=NC=CC1.CN1CCSCC1. The molecule has 0 atom stereocenters. The Morgan fingerprint density at radius 2 is 1.76 bits per heavy atom. The van der Waals surface area contributed by atoms with Gasteiger partial charge in [-0.2, -0.15) is 11.8 Å². The maximum Gasteiger partial charge on any atom is 0.0905 e. The third-order valence-corrected chi connectivity index (χ3v) is 3.84. The zero-order chi connectivity index (χ0) is 15.3. The fourth-order valence-corrected chi connectivity index (χ4v) is 2.70. The van der Waals surface area contributed by atoms with Gasteiger partial charge in [-0.15, -0.1) is 0 Å². The monoisotopic (exact) mass is 309 g/mol. The maximum absolute atomic E-state index is 3.97. The molecular weight excluding hydrogens is 282 g/mol. The highest BCUT2D eigenvalue weighted by Crippen LogP contribution is 2.05. The minimum atomic E-state index is 0.838. The summed E-state index contributed by atoms with van der Waals surface area (Å²) in [5.41, 5.74) is 0. The second kappa shape index (κ2) is 11.4. The first-order valence-corrected chi connectivity index (χ1v) is 8.37. The van der Waals surface area contributed by atoms with E-state index in [1.165, 1.54) is 24.6 Å². The summed E-state index contributed by atoms with van der Waals surface area (Å²) in [6.45, 7) is 4.39. The van der Waals surface area contributed by atoms with Crippen molar-refractivity contribution < 1.29 is 0 Å². The standard InChI is InChI=1S/2C5H8N2.C5H11NS/c2*1-7-4-2-3-6-5-7;1-6-2-4-7-5-3-6/h2,4-5H,3H2,1H3;2-3,5H,4H2,1H3;2-5H2,1H3. The number of aliphatic imine (C=N–C) groups is 2. The van der Waals surface area contributed by atoms with Crippen molar-refractivity contribution >= 4 is 24.4 Å². The average Bonchev–Trinajstić information content (AvgIpc) is 2.51. The van der Waals surface area contributed by atoms with E-state index < -0.39 is 0 Å². The quantitative estimate of drug-likeness (QED) is 0.681. The van der Waals surface area contributed by atoms with Gasteiger partial charge in [-0.1, -0.05) is 0 Å². The summed E-state index contributed by atoms with van der Waals surface area (Å²) in [6, 6.07) is 0. The molecule has 0 aromatic carbocycles. The van der Waals surface area contributed by atoms with Crippen LogP contribution in [0.1, 0.15) is 0 Å². The minimum absolute atomic E-state index is 0.838. The second-order valence-corrected chi connectivity index (χ2v) is 6.26. The van der Waals surface area contributed by atoms with Gasteiger partial charge in [0.1, 0.15) is 0 Å². The molecule has 0 aromatic heterocycles. The Bertz CT molecular complexity index is 360. The zero-order valence-corrected chi connectivity index (χ0v) is 14.2. The molecule has 0 aliphatic carbocycles. The predicted octanol–water partition coefficient (Wildman–Crippen LogP) is 1.61. The van der Waals surface area contributed by atoms with Crippen LogP contribution in [0, 0.1) is 0 Å². The number of nitrogens with zero attached hydrogens (tertiary/aromatic N) is 5. The van der Waals surface area contributed by atoms with E-state index in [1.807, 2.05) is 42.2 Å². The maximum atomic E-state index is 3.97. The number of hydrogen-bond donors (Lipinski definition) is 0. The van der Waals surface area contributed by atoms with Gasteiger partial charge in [-0.25, -0.2) is 4.99 Å². The van der Waals surface area contributed by atoms with Crippen molar-refractivity contribution in [3.63, 3.8) is 0 Å². The zero-order valence-electron chi connectivity index (χ0n) is 13.4. The molecule has 21 heavy (non-hydrogen) atoms. The number of hydrogen-bond acceptors (Lipinski definition) is 6. The first-order valence-electron chi connectivity index (χ1n) is 7.22. The van der Waals surface area contributed by atoms with Gasteiger partial charge in [0.25, 0.3) is 0 Å². The second-order valence-electron chi connectivity index (χ2n) is 5.04. The molecule has 0 bridgehead atoms. The number of thioether (sulfide) groups is 1. The van der Waals surface area contributed by atoms with Crippen LogP contribution in [0.3, 0.4) is 0 Å². The summed E-state index contributed by atoms with van der Waals surface area (Å²) >= 11 is 2.06. The molecule has 1 fully saturated rings. The van der Waals surface area contributed by atoms with Crippen LogP contribution in [0.2, 0.25) is 0 Å². The molecule has 5 nitrogen and oxygen atoms in total. The Hall–Kier alpha value is -1.27. The van der Waals surface area contributed by atoms with Gasteiger partial charge in [0.15, 0.2) is 0 Å². The van der Waals surface area contributed by atoms with E-state index in [1.54, 1.807) is 18.9 Å². The van der Waals surface area contributed by atoms with Gasteiger partial charge in [0.2, 0.25) is 0 Å². The van der Waals surface area contributed by atoms with Crippen LogP contribution in [0.15, 0.2) is 34.5 Å². The van der Waals surface area contributed by atoms with Crippen molar-refractivity contribution in [3.05, 3.63) is 24.6 Å². The predicted molar refractivity (Wildman–Crippen MR) is 95.3 cm³/mol. The van der Waals surface area contributed by atoms with Crippen LogP contribution < -0.4 is 0 Å². The van der Waals surface area contributed by atoms with Crippen molar-refractivity contribution in [1.82, 2.24) is 14.7 Å². The Morgan fingerprint density at radius 1 is 1.00 bits per heavy atom. The lowest BCUT2D eigenvalue weighted by molar-refractivity contribution is 0.372. The fourth-order valence-electron chi connectivity index (χ4n) is 1.62. The van der Waals surface area contributed by atoms with Gasteiger partial charge < -0.3 is 14.7 Å². The normalized spacial score (nSPS) is 20.5. The first-order chi connectivity index (χ1) is 10.2. The molecule has 0 radical (unpaired) electrons. The fraction of sp³-hybridized carbons (Fsp3) is 0.600. The molecule has 0 N–H and O–H groups in total. The molecular formula is C15H27N5S. The van der Waals surface area contributed by atoms with E-state index in [-0.39, 0.29) is 0 Å². The summed E-state index contributed by atoms with van der Waals surface area (Å²) in [7, 11) is 6.13. The molecule has 0 spiro atoms. The Morgan fingerprint density at radius 3 is 2.05 bits per heavy atom. The third-order valence-electron chi connectivity index (χ3n) is 2.90. The van der Waals surface area contributed by atoms with E-state index in [0.29, 0.717) is 0 Å². The lowest BCUT2D eigenvalue weighted by atomic mass is 10.5. The molecule has 3 aliphatic rings. The van der Waals surface area contributed by atoms with Gasteiger partial charge in [0.05, 0.1) is 19.2 Å². The van der Waals surface area contributed by atoms with Crippen LogP contribution in [0.5, 0.6) is 0 Å². The third kappa shape index (κ3) is 10.1. The lowest BCUT2D eigenvalue weighted by Gasteiger charge is -2.20. The van der Waals surface area contributed by atoms with Crippen molar-refractivity contribution in [2.75, 3.05) is 58.8 Å². The van der Waals surface area contributed by atoms with E-state index in [2.05, 4.69) is 33.7 Å². The largest absolute Gasteiger partial charge is 0.362 e. The smallest absolute Gasteiger partial charge is 0.0905 e. The van der Waals surface area contributed by atoms with Crippen molar-refractivity contribution in [1.29, 1.82) is 0 Å². The highest BCUT2D eigenvalue weighted by molar-refractivity contribution is 7.99. The molecule has 0 unspecified atom stereocenters. The topological polar surface area (TPSA) is 34.4 Å². The van der Waals surface area contributed by atoms with E-state index in [9.17, 15) is 0 Å². The molecule has 3 rings (SSSR count). The molecule has 0 aromatic rings. The number of likely N-dealkylation sites (N-methyl/N-ethyl adjacent to an activating group) is 1. The van der Waals surface area contributed by atoms with Crippen molar-refractivity contribution in [2.24, 2.45) is 9.98 Å². The highest BCUT2D eigenvalue weighted by atomic mass is 32.2. The minimum Gasteiger partial charge on any atom is -0.362 e. The molecule has 1 saturated heterocycles. The molecule has 118 valence electrons. The van der Waals surface area contributed by atoms with Crippen LogP contribution >= 0.6 is 11.8 Å². The van der Waals surface area contributed by atoms with Gasteiger partial charge in [-0.05, 0) is 19.2 Å². The summed E-state index contributed by atoms with van der Waals surface area (Å²) in [4.78, 5) is 14.2. The molecule has 3 aliphatic heterocycles. The Labute approximate surface area is 133 Å². The van der Waals surface area contributed by atoms with E-state index in [0.717, 1.165) is 13.1 Å². The van der Waals surface area contributed by atoms with Crippen LogP contribution in [-0.4, -0.2) is 86.2 Å². The summed E-state index contributed by atoms with van der Waals surface area (Å²) in [6.07, 6.45) is 11.4. The van der Waals surface area contributed by atoms with E-state index in [4.69, 9.17) is 0 Å². The first kappa shape index (κ1) is 17.8. The van der Waals surface area contributed by atoms with Crippen LogP contribution in [0.4, 0.5) is 0 Å². The van der Waals surface area contributed by atoms with E-state index >= 15 is 0 Å². The summed E-state index contributed by atoms with van der Waals surface area (Å²) in [5, 5.41) is 0. The van der Waals surface area contributed by atoms with Gasteiger partial charge in [0, 0.05) is 57.6 Å². The van der Waals surface area contributed by atoms with Gasteiger partial charge in [-0.3, -0.25) is 4.99 Å². The van der Waals surface area contributed by atoms with Gasteiger partial charge >= 0.3 is 0 Å². The lowest BCUT2D eigenvalue weighted by Crippen LogP contribution is -2.28. The molecule has 6 heteroatoms. The highest BCUT2D eigenvalue weighted by Gasteiger charge is 2.02. The number of rotatable bonds is 0. The summed E-state index contributed by atoms with van der Waals surface area (Å²) in [5.74, 6) is 2.66. The Kier molecular flexibility index (Phi) is 9.65. The van der Waals surface area contributed by atoms with Crippen molar-refractivity contribution in [2.45, 2.75) is 0 Å². The summed E-state index contributed by atoms with van der Waals surface area (Å²) < 4.78 is 0. The molecule has 0 amide bonds. The van der Waals surface area contributed by atoms with Crippen LogP contribution in [-0.2, 0) is 0 Å². The Balaban J connectivity index is 0.000000157. The average molecular weight is 309 g/mol. The molecule has 0 saturated carbocycles. The van der Waals surface area contributed by atoms with Crippen LogP contribution in [0.25, 0.3) is 0 Å². The molecule has 3 heterocycles. The van der Waals surface area contributed by atoms with Crippen molar-refractivity contribution in [3.8, 4) is 0 Å².